The summed E-state index contributed by atoms with van der Waals surface area (Å²) in [5.74, 6) is 1.92. The third-order valence-electron chi connectivity index (χ3n) is 4.76. The van der Waals surface area contributed by atoms with Crippen LogP contribution >= 0.6 is 24.0 Å². The third-order valence-corrected chi connectivity index (χ3v) is 4.76. The first kappa shape index (κ1) is 23.9. The van der Waals surface area contributed by atoms with Crippen molar-refractivity contribution in [1.82, 2.24) is 25.6 Å². The fourth-order valence-corrected chi connectivity index (χ4v) is 3.02. The summed E-state index contributed by atoms with van der Waals surface area (Å²) < 4.78 is 7.30. The van der Waals surface area contributed by atoms with Gasteiger partial charge in [-0.3, -0.25) is 4.99 Å². The van der Waals surface area contributed by atoms with Crippen LogP contribution in [0.4, 0.5) is 0 Å². The van der Waals surface area contributed by atoms with Gasteiger partial charge in [-0.05, 0) is 43.4 Å². The first-order valence-electron chi connectivity index (χ1n) is 10.1. The van der Waals surface area contributed by atoms with Crippen LogP contribution in [0.1, 0.15) is 48.9 Å². The van der Waals surface area contributed by atoms with Crippen LogP contribution in [0.5, 0.6) is 0 Å². The zero-order chi connectivity index (χ0) is 20.6. The molecule has 162 valence electrons. The van der Waals surface area contributed by atoms with Gasteiger partial charge >= 0.3 is 0 Å². The van der Waals surface area contributed by atoms with Crippen molar-refractivity contribution in [2.24, 2.45) is 4.99 Å². The maximum absolute atomic E-state index is 5.35. The number of para-hydroxylation sites is 1. The monoisotopic (exact) mass is 522 g/mol. The summed E-state index contributed by atoms with van der Waals surface area (Å²) in [5.41, 5.74) is 4.39. The van der Waals surface area contributed by atoms with E-state index in [2.05, 4.69) is 65.0 Å². The molecule has 0 bridgehead atoms. The minimum atomic E-state index is 0. The van der Waals surface area contributed by atoms with E-state index in [9.17, 15) is 0 Å². The Bertz CT molecular complexity index is 932. The molecule has 0 spiro atoms. The van der Waals surface area contributed by atoms with Crippen molar-refractivity contribution in [3.63, 3.8) is 0 Å². The number of aliphatic imine (C=N–C) groups is 1. The lowest BCUT2D eigenvalue weighted by atomic mass is 10.1. The van der Waals surface area contributed by atoms with Crippen molar-refractivity contribution in [2.75, 3.05) is 13.6 Å². The standard InChI is InChI=1S/C22H30N6O.HI/c1-16(2)21-13-20(29-27-21)14-25-22(23-4)24-12-8-9-18-15-28(26-17(18)3)19-10-6-5-7-11-19;/h5-7,10-11,13,15-16H,8-9,12,14H2,1-4H3,(H2,23,24,25);1H. The fraction of sp³-hybridized carbons (Fsp3) is 0.409. The van der Waals surface area contributed by atoms with E-state index in [0.717, 1.165) is 48.2 Å². The van der Waals surface area contributed by atoms with E-state index in [0.29, 0.717) is 12.5 Å². The molecule has 3 rings (SSSR count). The maximum atomic E-state index is 5.35. The van der Waals surface area contributed by atoms with Crippen molar-refractivity contribution in [2.45, 2.75) is 46.1 Å². The highest BCUT2D eigenvalue weighted by molar-refractivity contribution is 14.0. The van der Waals surface area contributed by atoms with Gasteiger partial charge in [0.2, 0.25) is 0 Å². The lowest BCUT2D eigenvalue weighted by molar-refractivity contribution is 0.372. The average Bonchev–Trinajstić information content (AvgIpc) is 3.35. The second kappa shape index (κ2) is 11.7. The van der Waals surface area contributed by atoms with Crippen molar-refractivity contribution in [1.29, 1.82) is 0 Å². The molecule has 0 atom stereocenters. The van der Waals surface area contributed by atoms with Crippen molar-refractivity contribution in [3.05, 3.63) is 65.3 Å². The number of guanidine groups is 1. The smallest absolute Gasteiger partial charge is 0.191 e. The average molecular weight is 522 g/mol. The Labute approximate surface area is 195 Å². The van der Waals surface area contributed by atoms with E-state index >= 15 is 0 Å². The van der Waals surface area contributed by atoms with Crippen molar-refractivity contribution < 1.29 is 4.52 Å². The molecule has 3 aromatic rings. The van der Waals surface area contributed by atoms with Gasteiger partial charge in [0.1, 0.15) is 0 Å². The highest BCUT2D eigenvalue weighted by Crippen LogP contribution is 2.14. The zero-order valence-electron chi connectivity index (χ0n) is 18.1. The van der Waals surface area contributed by atoms with Gasteiger partial charge in [0, 0.05) is 25.9 Å². The van der Waals surface area contributed by atoms with Crippen molar-refractivity contribution >= 4 is 29.9 Å². The van der Waals surface area contributed by atoms with Gasteiger partial charge in [-0.1, -0.05) is 37.2 Å². The second-order valence-corrected chi connectivity index (χ2v) is 7.35. The molecule has 0 saturated carbocycles. The fourth-order valence-electron chi connectivity index (χ4n) is 3.02. The summed E-state index contributed by atoms with van der Waals surface area (Å²) in [5, 5.41) is 15.3. The Morgan fingerprint density at radius 1 is 1.20 bits per heavy atom. The Morgan fingerprint density at radius 3 is 2.63 bits per heavy atom. The summed E-state index contributed by atoms with van der Waals surface area (Å²) in [6.07, 6.45) is 4.07. The first-order valence-corrected chi connectivity index (χ1v) is 10.1. The van der Waals surface area contributed by atoms with E-state index in [1.165, 1.54) is 5.56 Å². The number of aromatic nitrogens is 3. The van der Waals surface area contributed by atoms with E-state index < -0.39 is 0 Å². The van der Waals surface area contributed by atoms with Crippen LogP contribution in [-0.2, 0) is 13.0 Å². The van der Waals surface area contributed by atoms with Gasteiger partial charge in [-0.25, -0.2) is 4.68 Å². The minimum absolute atomic E-state index is 0. The van der Waals surface area contributed by atoms with Gasteiger partial charge in [-0.2, -0.15) is 5.10 Å². The van der Waals surface area contributed by atoms with Crippen molar-refractivity contribution in [3.8, 4) is 5.69 Å². The number of hydrogen-bond acceptors (Lipinski definition) is 4. The highest BCUT2D eigenvalue weighted by Gasteiger charge is 2.09. The number of nitrogens with zero attached hydrogens (tertiary/aromatic N) is 4. The number of halogens is 1. The van der Waals surface area contributed by atoms with Gasteiger partial charge in [0.15, 0.2) is 11.7 Å². The molecule has 8 heteroatoms. The summed E-state index contributed by atoms with van der Waals surface area (Å²) >= 11 is 0. The molecule has 1 aromatic carbocycles. The lowest BCUT2D eigenvalue weighted by Crippen LogP contribution is -2.37. The van der Waals surface area contributed by atoms with Crippen LogP contribution in [0.2, 0.25) is 0 Å². The second-order valence-electron chi connectivity index (χ2n) is 7.35. The Balaban J connectivity index is 0.00000320. The highest BCUT2D eigenvalue weighted by atomic mass is 127. The Morgan fingerprint density at radius 2 is 1.97 bits per heavy atom. The number of nitrogens with one attached hydrogen (secondary N) is 2. The molecule has 2 aromatic heterocycles. The summed E-state index contributed by atoms with van der Waals surface area (Å²) in [6.45, 7) is 7.64. The molecular weight excluding hydrogens is 491 g/mol. The number of benzene rings is 1. The molecule has 0 saturated heterocycles. The molecule has 0 aliphatic rings. The molecule has 0 unspecified atom stereocenters. The van der Waals surface area contributed by atoms with Gasteiger partial charge in [0.25, 0.3) is 0 Å². The SMILES string of the molecule is CN=C(NCCCc1cn(-c2ccccc2)nc1C)NCc1cc(C(C)C)no1.I. The van der Waals surface area contributed by atoms with Crippen LogP contribution in [-0.4, -0.2) is 34.5 Å². The van der Waals surface area contributed by atoms with E-state index in [1.807, 2.05) is 28.9 Å². The van der Waals surface area contributed by atoms with Crippen LogP contribution < -0.4 is 10.6 Å². The molecule has 2 heterocycles. The van der Waals surface area contributed by atoms with Gasteiger partial charge in [-0.15, -0.1) is 24.0 Å². The van der Waals surface area contributed by atoms with E-state index in [-0.39, 0.29) is 24.0 Å². The lowest BCUT2D eigenvalue weighted by Gasteiger charge is -2.10. The summed E-state index contributed by atoms with van der Waals surface area (Å²) in [4.78, 5) is 4.27. The summed E-state index contributed by atoms with van der Waals surface area (Å²) in [7, 11) is 1.77. The quantitative estimate of drug-likeness (QED) is 0.201. The molecule has 2 N–H and O–H groups in total. The largest absolute Gasteiger partial charge is 0.359 e. The Kier molecular flexibility index (Phi) is 9.35. The number of aryl methyl sites for hydroxylation is 2. The molecule has 0 radical (unpaired) electrons. The molecule has 0 aliphatic carbocycles. The number of hydrogen-bond donors (Lipinski definition) is 2. The molecule has 0 aliphatic heterocycles. The normalized spacial score (nSPS) is 11.4. The van der Waals surface area contributed by atoms with Crippen LogP contribution in [0.3, 0.4) is 0 Å². The topological polar surface area (TPSA) is 80.3 Å². The molecular formula is C22H31IN6O. The minimum Gasteiger partial charge on any atom is -0.359 e. The number of rotatable bonds is 8. The van der Waals surface area contributed by atoms with Crippen LogP contribution in [0.15, 0.2) is 52.1 Å². The molecule has 0 amide bonds. The molecule has 30 heavy (non-hydrogen) atoms. The van der Waals surface area contributed by atoms with E-state index in [1.54, 1.807) is 7.05 Å². The van der Waals surface area contributed by atoms with Crippen LogP contribution in [0.25, 0.3) is 5.69 Å². The first-order chi connectivity index (χ1) is 14.1. The van der Waals surface area contributed by atoms with Crippen LogP contribution in [0, 0.1) is 6.92 Å². The Hall–Kier alpha value is -2.36. The maximum Gasteiger partial charge on any atom is 0.191 e. The predicted molar refractivity (Wildman–Crippen MR) is 131 cm³/mol. The van der Waals surface area contributed by atoms with E-state index in [4.69, 9.17) is 4.52 Å². The predicted octanol–water partition coefficient (Wildman–Crippen LogP) is 4.21. The van der Waals surface area contributed by atoms with Gasteiger partial charge in [0.05, 0.1) is 23.6 Å². The summed E-state index contributed by atoms with van der Waals surface area (Å²) in [6, 6.07) is 12.2. The molecule has 0 fully saturated rings. The van der Waals surface area contributed by atoms with Gasteiger partial charge < -0.3 is 15.2 Å². The zero-order valence-corrected chi connectivity index (χ0v) is 20.4. The third kappa shape index (κ3) is 6.58. The molecule has 7 nitrogen and oxygen atoms in total.